The first-order valence-corrected chi connectivity index (χ1v) is 7.85. The molecule has 0 aromatic heterocycles. The summed E-state index contributed by atoms with van der Waals surface area (Å²) in [5.41, 5.74) is -1.21. The summed E-state index contributed by atoms with van der Waals surface area (Å²) < 4.78 is 5.49. The van der Waals surface area contributed by atoms with Gasteiger partial charge in [0.2, 0.25) is 0 Å². The number of hydrogen-bond donors (Lipinski definition) is 1. The zero-order valence-corrected chi connectivity index (χ0v) is 13.3. The average molecular weight is 294 g/mol. The Hall–Kier alpha value is -1.28. The van der Waals surface area contributed by atoms with Gasteiger partial charge in [0, 0.05) is 18.5 Å². The number of amides is 1. The van der Waals surface area contributed by atoms with Gasteiger partial charge in [-0.05, 0) is 59.3 Å². The van der Waals surface area contributed by atoms with Crippen molar-refractivity contribution >= 4 is 6.09 Å². The monoisotopic (exact) mass is 294 g/mol. The van der Waals surface area contributed by atoms with Crippen molar-refractivity contribution < 1.29 is 14.6 Å². The molecule has 0 saturated carbocycles. The van der Waals surface area contributed by atoms with Crippen molar-refractivity contribution in [2.45, 2.75) is 89.0 Å². The molecule has 118 valence electrons. The fraction of sp³-hybridized carbons (Fsp3) is 0.875. The van der Waals surface area contributed by atoms with E-state index in [-0.39, 0.29) is 18.2 Å². The molecule has 0 spiro atoms. The maximum atomic E-state index is 12.3. The van der Waals surface area contributed by atoms with E-state index < -0.39 is 11.2 Å². The highest BCUT2D eigenvalue weighted by Crippen LogP contribution is 2.43. The third kappa shape index (κ3) is 3.88. The van der Waals surface area contributed by atoms with Crippen molar-refractivity contribution in [1.29, 1.82) is 5.26 Å². The highest BCUT2D eigenvalue weighted by atomic mass is 16.6. The molecule has 2 rings (SSSR count). The molecule has 2 unspecified atom stereocenters. The molecular formula is C16H26N2O3. The van der Waals surface area contributed by atoms with Gasteiger partial charge in [0.05, 0.1) is 11.7 Å². The van der Waals surface area contributed by atoms with Gasteiger partial charge in [-0.1, -0.05) is 0 Å². The van der Waals surface area contributed by atoms with Crippen LogP contribution in [0.15, 0.2) is 0 Å². The van der Waals surface area contributed by atoms with E-state index in [0.717, 1.165) is 19.3 Å². The number of piperidine rings is 1. The quantitative estimate of drug-likeness (QED) is 0.812. The van der Waals surface area contributed by atoms with Crippen LogP contribution in [0.5, 0.6) is 0 Å². The number of hydrogen-bond acceptors (Lipinski definition) is 4. The lowest BCUT2D eigenvalue weighted by Crippen LogP contribution is -2.54. The first-order chi connectivity index (χ1) is 9.74. The van der Waals surface area contributed by atoms with Crippen LogP contribution in [-0.4, -0.2) is 39.4 Å². The van der Waals surface area contributed by atoms with Crippen molar-refractivity contribution in [2.24, 2.45) is 0 Å². The molecule has 2 fully saturated rings. The van der Waals surface area contributed by atoms with Crippen LogP contribution in [-0.2, 0) is 4.74 Å². The summed E-state index contributed by atoms with van der Waals surface area (Å²) in [6, 6.07) is 2.27. The molecule has 0 aliphatic carbocycles. The topological polar surface area (TPSA) is 73.6 Å². The van der Waals surface area contributed by atoms with Gasteiger partial charge in [0.25, 0.3) is 0 Å². The van der Waals surface area contributed by atoms with Gasteiger partial charge in [-0.25, -0.2) is 4.79 Å². The van der Waals surface area contributed by atoms with Gasteiger partial charge < -0.3 is 14.7 Å². The zero-order valence-electron chi connectivity index (χ0n) is 13.3. The number of aliphatic hydroxyl groups is 1. The molecule has 2 heterocycles. The largest absolute Gasteiger partial charge is 0.444 e. The second-order valence-corrected chi connectivity index (χ2v) is 7.42. The Kier molecular flexibility index (Phi) is 4.48. The number of nitrogens with zero attached hydrogens (tertiary/aromatic N) is 2. The Labute approximate surface area is 126 Å². The van der Waals surface area contributed by atoms with Crippen LogP contribution in [0.25, 0.3) is 0 Å². The van der Waals surface area contributed by atoms with E-state index in [4.69, 9.17) is 10.00 Å². The fourth-order valence-electron chi connectivity index (χ4n) is 3.64. The molecule has 21 heavy (non-hydrogen) atoms. The van der Waals surface area contributed by atoms with Crippen molar-refractivity contribution in [2.75, 3.05) is 0 Å². The summed E-state index contributed by atoms with van der Waals surface area (Å²) >= 11 is 0. The normalized spacial score (nSPS) is 31.9. The van der Waals surface area contributed by atoms with Crippen molar-refractivity contribution in [1.82, 2.24) is 4.90 Å². The van der Waals surface area contributed by atoms with Crippen LogP contribution in [0.1, 0.15) is 65.7 Å². The third-order valence-electron chi connectivity index (χ3n) is 4.39. The summed E-state index contributed by atoms with van der Waals surface area (Å²) in [6.45, 7) is 5.61. The predicted molar refractivity (Wildman–Crippen MR) is 78.5 cm³/mol. The molecule has 2 bridgehead atoms. The molecule has 0 radical (unpaired) electrons. The number of ether oxygens (including phenoxy) is 1. The van der Waals surface area contributed by atoms with E-state index in [2.05, 4.69) is 6.07 Å². The van der Waals surface area contributed by atoms with Crippen LogP contribution in [0.3, 0.4) is 0 Å². The average Bonchev–Trinajstić information content (AvgIpc) is 2.61. The van der Waals surface area contributed by atoms with Crippen molar-refractivity contribution in [3.8, 4) is 6.07 Å². The smallest absolute Gasteiger partial charge is 0.410 e. The van der Waals surface area contributed by atoms with E-state index in [9.17, 15) is 9.90 Å². The summed E-state index contributed by atoms with van der Waals surface area (Å²) in [5.74, 6) is 0. The Morgan fingerprint density at radius 1 is 1.38 bits per heavy atom. The predicted octanol–water partition coefficient (Wildman–Crippen LogP) is 2.97. The van der Waals surface area contributed by atoms with E-state index in [0.29, 0.717) is 25.7 Å². The SMILES string of the molecule is CC(C)(C)OC(=O)N1C2CCC1CC(O)(CCCC#N)C2. The molecule has 2 aliphatic heterocycles. The summed E-state index contributed by atoms with van der Waals surface area (Å²) in [7, 11) is 0. The Bertz CT molecular complexity index is 422. The van der Waals surface area contributed by atoms with Crippen molar-refractivity contribution in [3.63, 3.8) is 0 Å². The maximum absolute atomic E-state index is 12.3. The van der Waals surface area contributed by atoms with Crippen LogP contribution < -0.4 is 0 Å². The van der Waals surface area contributed by atoms with E-state index >= 15 is 0 Å². The molecule has 1 amide bonds. The van der Waals surface area contributed by atoms with Crippen LogP contribution in [0, 0.1) is 11.3 Å². The molecule has 1 N–H and O–H groups in total. The second-order valence-electron chi connectivity index (χ2n) is 7.42. The molecule has 5 nitrogen and oxygen atoms in total. The number of carbonyl (C=O) groups is 1. The molecule has 5 heteroatoms. The first kappa shape index (κ1) is 16.1. The van der Waals surface area contributed by atoms with E-state index in [1.54, 1.807) is 0 Å². The van der Waals surface area contributed by atoms with Gasteiger partial charge in [0.15, 0.2) is 0 Å². The second kappa shape index (κ2) is 5.84. The van der Waals surface area contributed by atoms with Crippen LogP contribution in [0.2, 0.25) is 0 Å². The minimum atomic E-state index is -0.721. The lowest BCUT2D eigenvalue weighted by Gasteiger charge is -2.44. The number of rotatable bonds is 3. The summed E-state index contributed by atoms with van der Waals surface area (Å²) in [6.07, 6.45) is 4.67. The highest BCUT2D eigenvalue weighted by Gasteiger charge is 2.49. The molecule has 2 aliphatic rings. The summed E-state index contributed by atoms with van der Waals surface area (Å²) in [4.78, 5) is 14.2. The van der Waals surface area contributed by atoms with Gasteiger partial charge in [-0.3, -0.25) is 0 Å². The standard InChI is InChI=1S/C16H26N2O3/c1-15(2,3)21-14(19)18-12-6-7-13(18)11-16(20,10-12)8-4-5-9-17/h12-13,20H,4-8,10-11H2,1-3H3. The van der Waals surface area contributed by atoms with E-state index in [1.165, 1.54) is 0 Å². The van der Waals surface area contributed by atoms with Gasteiger partial charge in [-0.15, -0.1) is 0 Å². The number of nitriles is 1. The van der Waals surface area contributed by atoms with Crippen molar-refractivity contribution in [3.05, 3.63) is 0 Å². The molecule has 2 atom stereocenters. The first-order valence-electron chi connectivity index (χ1n) is 7.85. The number of fused-ring (bicyclic) bond motifs is 2. The van der Waals surface area contributed by atoms with E-state index in [1.807, 2.05) is 25.7 Å². The number of carbonyl (C=O) groups excluding carboxylic acids is 1. The number of unbranched alkanes of at least 4 members (excludes halogenated alkanes) is 1. The highest BCUT2D eigenvalue weighted by molar-refractivity contribution is 5.69. The van der Waals surface area contributed by atoms with Gasteiger partial charge >= 0.3 is 6.09 Å². The Morgan fingerprint density at radius 3 is 2.43 bits per heavy atom. The van der Waals surface area contributed by atoms with Crippen LogP contribution >= 0.6 is 0 Å². The van der Waals surface area contributed by atoms with Gasteiger partial charge in [-0.2, -0.15) is 5.26 Å². The molecular weight excluding hydrogens is 268 g/mol. The molecule has 2 saturated heterocycles. The maximum Gasteiger partial charge on any atom is 0.410 e. The summed E-state index contributed by atoms with van der Waals surface area (Å²) in [5, 5.41) is 19.3. The minimum absolute atomic E-state index is 0.0747. The minimum Gasteiger partial charge on any atom is -0.444 e. The Morgan fingerprint density at radius 2 is 1.95 bits per heavy atom. The molecule has 0 aromatic rings. The third-order valence-corrected chi connectivity index (χ3v) is 4.39. The van der Waals surface area contributed by atoms with Gasteiger partial charge in [0.1, 0.15) is 5.60 Å². The lowest BCUT2D eigenvalue weighted by molar-refractivity contribution is -0.0631. The zero-order chi connectivity index (χ0) is 15.7. The fourth-order valence-corrected chi connectivity index (χ4v) is 3.64. The van der Waals surface area contributed by atoms with Crippen LogP contribution in [0.4, 0.5) is 4.79 Å². The lowest BCUT2D eigenvalue weighted by atomic mass is 9.82. The molecule has 0 aromatic carbocycles. The Balaban J connectivity index is 1.99.